The molecule has 0 fully saturated rings. The van der Waals surface area contributed by atoms with Crippen molar-refractivity contribution in [2.24, 2.45) is 0 Å². The van der Waals surface area contributed by atoms with Crippen molar-refractivity contribution in [1.29, 1.82) is 0 Å². The molecule has 7 nitrogen and oxygen atoms in total. The van der Waals surface area contributed by atoms with Gasteiger partial charge in [-0.15, -0.1) is 0 Å². The van der Waals surface area contributed by atoms with E-state index in [1.165, 1.54) is 29.8 Å². The number of carbonyl (C=O) groups excluding carboxylic acids is 1. The third-order valence-electron chi connectivity index (χ3n) is 3.27. The second-order valence-electron chi connectivity index (χ2n) is 4.80. The van der Waals surface area contributed by atoms with E-state index in [-0.39, 0.29) is 22.1 Å². The van der Waals surface area contributed by atoms with Gasteiger partial charge in [0.15, 0.2) is 10.8 Å². The molecule has 0 saturated carbocycles. The summed E-state index contributed by atoms with van der Waals surface area (Å²) >= 11 is 1.17. The largest absolute Gasteiger partial charge is 0.319 e. The molecule has 118 valence electrons. The summed E-state index contributed by atoms with van der Waals surface area (Å²) in [6.45, 7) is 0. The predicted octanol–water partition coefficient (Wildman–Crippen LogP) is 2.87. The molecular formula is C15H9FN6OS. The van der Waals surface area contributed by atoms with Crippen LogP contribution >= 0.6 is 11.3 Å². The van der Waals surface area contributed by atoms with Crippen LogP contribution in [0.5, 0.6) is 0 Å². The van der Waals surface area contributed by atoms with Crippen LogP contribution in [0.4, 0.5) is 10.1 Å². The third kappa shape index (κ3) is 2.50. The second kappa shape index (κ2) is 5.78. The lowest BCUT2D eigenvalue weighted by Crippen LogP contribution is -2.13. The molecule has 1 amide bonds. The zero-order valence-electron chi connectivity index (χ0n) is 12.0. The quantitative estimate of drug-likeness (QED) is 0.598. The fourth-order valence-electron chi connectivity index (χ4n) is 2.24. The lowest BCUT2D eigenvalue weighted by atomic mass is 10.1. The monoisotopic (exact) mass is 340 g/mol. The first kappa shape index (κ1) is 14.4. The molecule has 4 aromatic rings. The number of pyridine rings is 1. The highest BCUT2D eigenvalue weighted by Gasteiger charge is 2.18. The van der Waals surface area contributed by atoms with Crippen LogP contribution < -0.4 is 5.32 Å². The van der Waals surface area contributed by atoms with E-state index >= 15 is 0 Å². The number of thiazole rings is 1. The van der Waals surface area contributed by atoms with Gasteiger partial charge < -0.3 is 5.32 Å². The van der Waals surface area contributed by atoms with E-state index in [0.29, 0.717) is 10.3 Å². The van der Waals surface area contributed by atoms with Crippen molar-refractivity contribution in [3.8, 4) is 11.4 Å². The molecule has 0 aliphatic rings. The van der Waals surface area contributed by atoms with Crippen molar-refractivity contribution in [2.45, 2.75) is 0 Å². The van der Waals surface area contributed by atoms with Gasteiger partial charge in [0.1, 0.15) is 22.5 Å². The molecule has 0 aliphatic carbocycles. The van der Waals surface area contributed by atoms with Crippen LogP contribution in [0.3, 0.4) is 0 Å². The highest BCUT2D eigenvalue weighted by atomic mass is 32.1. The number of nitrogens with one attached hydrogen (secondary N) is 2. The van der Waals surface area contributed by atoms with Gasteiger partial charge in [-0.3, -0.25) is 9.89 Å². The molecule has 0 saturated heterocycles. The Balaban J connectivity index is 1.70. The molecule has 0 bridgehead atoms. The number of aromatic nitrogens is 5. The zero-order chi connectivity index (χ0) is 16.5. The van der Waals surface area contributed by atoms with Crippen LogP contribution in [0.2, 0.25) is 0 Å². The molecule has 0 unspecified atom stereocenters. The van der Waals surface area contributed by atoms with E-state index in [4.69, 9.17) is 0 Å². The summed E-state index contributed by atoms with van der Waals surface area (Å²) in [4.78, 5) is 25.5. The molecule has 3 aromatic heterocycles. The molecule has 9 heteroatoms. The van der Waals surface area contributed by atoms with Gasteiger partial charge in [-0.05, 0) is 24.3 Å². The molecule has 2 N–H and O–H groups in total. The van der Waals surface area contributed by atoms with Crippen LogP contribution in [0.25, 0.3) is 21.7 Å². The smallest absolute Gasteiger partial charge is 0.284 e. The van der Waals surface area contributed by atoms with E-state index in [9.17, 15) is 9.18 Å². The Morgan fingerprint density at radius 3 is 2.92 bits per heavy atom. The van der Waals surface area contributed by atoms with Gasteiger partial charge in [0, 0.05) is 6.20 Å². The molecule has 0 atom stereocenters. The summed E-state index contributed by atoms with van der Waals surface area (Å²) < 4.78 is 14.2. The standard InChI is InChI=1S/C15H9FN6OS/c16-8-3-1-4-9(11(8)12-18-7-19-22-12)20-13(23)15-21-10-5-2-6-17-14(10)24-15/h1-7H,(H,20,23)(H,18,19,22). The molecule has 0 spiro atoms. The van der Waals surface area contributed by atoms with Crippen molar-refractivity contribution in [3.05, 3.63) is 53.7 Å². The van der Waals surface area contributed by atoms with Crippen LogP contribution in [-0.4, -0.2) is 31.1 Å². The highest BCUT2D eigenvalue weighted by molar-refractivity contribution is 7.20. The lowest BCUT2D eigenvalue weighted by Gasteiger charge is -2.08. The topological polar surface area (TPSA) is 96.5 Å². The van der Waals surface area contributed by atoms with Gasteiger partial charge in [-0.1, -0.05) is 17.4 Å². The fraction of sp³-hybridized carbons (Fsp3) is 0. The molecule has 1 aromatic carbocycles. The normalized spacial score (nSPS) is 10.9. The Morgan fingerprint density at radius 2 is 2.12 bits per heavy atom. The average Bonchev–Trinajstić information content (AvgIpc) is 3.24. The maximum Gasteiger partial charge on any atom is 0.284 e. The zero-order valence-corrected chi connectivity index (χ0v) is 12.8. The minimum Gasteiger partial charge on any atom is -0.319 e. The van der Waals surface area contributed by atoms with Gasteiger partial charge >= 0.3 is 0 Å². The van der Waals surface area contributed by atoms with Crippen molar-refractivity contribution in [3.63, 3.8) is 0 Å². The highest BCUT2D eigenvalue weighted by Crippen LogP contribution is 2.29. The van der Waals surface area contributed by atoms with E-state index in [1.807, 2.05) is 0 Å². The van der Waals surface area contributed by atoms with Gasteiger partial charge in [-0.2, -0.15) is 5.10 Å². The fourth-order valence-corrected chi connectivity index (χ4v) is 3.04. The number of anilines is 1. The molecule has 4 rings (SSSR count). The molecule has 0 aliphatic heterocycles. The number of rotatable bonds is 3. The molecule has 0 radical (unpaired) electrons. The minimum atomic E-state index is -0.518. The Morgan fingerprint density at radius 1 is 1.21 bits per heavy atom. The number of nitrogens with zero attached hydrogens (tertiary/aromatic N) is 4. The number of carbonyl (C=O) groups is 1. The summed E-state index contributed by atoms with van der Waals surface area (Å²) in [7, 11) is 0. The van der Waals surface area contributed by atoms with E-state index in [2.05, 4.69) is 30.5 Å². The van der Waals surface area contributed by atoms with E-state index in [0.717, 1.165) is 0 Å². The number of H-pyrrole nitrogens is 1. The summed E-state index contributed by atoms with van der Waals surface area (Å²) in [5.74, 6) is -0.728. The van der Waals surface area contributed by atoms with Gasteiger partial charge in [0.2, 0.25) is 0 Å². The van der Waals surface area contributed by atoms with Gasteiger partial charge in [0.25, 0.3) is 5.91 Å². The van der Waals surface area contributed by atoms with Crippen molar-refractivity contribution in [2.75, 3.05) is 5.32 Å². The van der Waals surface area contributed by atoms with Crippen LogP contribution in [-0.2, 0) is 0 Å². The minimum absolute atomic E-state index is 0.141. The predicted molar refractivity (Wildman–Crippen MR) is 87.1 cm³/mol. The average molecular weight is 340 g/mol. The number of hydrogen-bond donors (Lipinski definition) is 2. The van der Waals surface area contributed by atoms with Crippen LogP contribution in [0, 0.1) is 5.82 Å². The van der Waals surface area contributed by atoms with Crippen LogP contribution in [0.1, 0.15) is 9.80 Å². The summed E-state index contributed by atoms with van der Waals surface area (Å²) in [5.41, 5.74) is 1.06. The summed E-state index contributed by atoms with van der Waals surface area (Å²) in [6, 6.07) is 7.90. The van der Waals surface area contributed by atoms with Crippen molar-refractivity contribution in [1.82, 2.24) is 25.1 Å². The number of benzene rings is 1. The molecular weight excluding hydrogens is 331 g/mol. The summed E-state index contributed by atoms with van der Waals surface area (Å²) in [5, 5.41) is 9.22. The second-order valence-corrected chi connectivity index (χ2v) is 5.77. The third-order valence-corrected chi connectivity index (χ3v) is 4.25. The first-order valence-electron chi connectivity index (χ1n) is 6.89. The van der Waals surface area contributed by atoms with E-state index in [1.54, 1.807) is 24.4 Å². The lowest BCUT2D eigenvalue weighted by molar-refractivity contribution is 0.102. The molecule has 24 heavy (non-hydrogen) atoms. The van der Waals surface area contributed by atoms with E-state index < -0.39 is 11.7 Å². The Kier molecular flexibility index (Phi) is 3.47. The maximum absolute atomic E-state index is 14.2. The molecule has 3 heterocycles. The SMILES string of the molecule is O=C(Nc1cccc(F)c1-c1ncn[nH]1)c1nc2cccnc2s1. The van der Waals surface area contributed by atoms with Gasteiger partial charge in [-0.25, -0.2) is 19.3 Å². The number of fused-ring (bicyclic) bond motifs is 1. The Hall–Kier alpha value is -3.20. The van der Waals surface area contributed by atoms with Gasteiger partial charge in [0.05, 0.1) is 11.3 Å². The number of amides is 1. The van der Waals surface area contributed by atoms with Crippen molar-refractivity contribution < 1.29 is 9.18 Å². The first-order chi connectivity index (χ1) is 11.7. The summed E-state index contributed by atoms with van der Waals surface area (Å²) in [6.07, 6.45) is 2.91. The number of hydrogen-bond acceptors (Lipinski definition) is 6. The number of aromatic amines is 1. The maximum atomic E-state index is 14.2. The first-order valence-corrected chi connectivity index (χ1v) is 7.71. The van der Waals surface area contributed by atoms with Crippen LogP contribution in [0.15, 0.2) is 42.9 Å². The Bertz CT molecular complexity index is 997. The van der Waals surface area contributed by atoms with Crippen molar-refractivity contribution >= 4 is 33.3 Å². The Labute approximate surface area is 138 Å². The number of halogens is 1.